The zero-order chi connectivity index (χ0) is 22.0. The molecule has 0 radical (unpaired) electrons. The van der Waals surface area contributed by atoms with Crippen molar-refractivity contribution in [3.8, 4) is 11.3 Å². The van der Waals surface area contributed by atoms with E-state index >= 15 is 0 Å². The number of carbonyl (C=O) groups is 1. The third-order valence-electron chi connectivity index (χ3n) is 5.36. The molecule has 1 aliphatic carbocycles. The van der Waals surface area contributed by atoms with Gasteiger partial charge in [0.1, 0.15) is 17.7 Å². The number of anilines is 1. The second-order valence-corrected chi connectivity index (χ2v) is 7.82. The summed E-state index contributed by atoms with van der Waals surface area (Å²) in [5, 5.41) is 14.1. The van der Waals surface area contributed by atoms with Gasteiger partial charge >= 0.3 is 0 Å². The number of alkyl halides is 1. The molecule has 10 heteroatoms. The van der Waals surface area contributed by atoms with Crippen LogP contribution in [0.2, 0.25) is 5.02 Å². The van der Waals surface area contributed by atoms with Gasteiger partial charge in [-0.3, -0.25) is 9.78 Å². The largest absolute Gasteiger partial charge is 0.355 e. The molecule has 7 nitrogen and oxygen atoms in total. The van der Waals surface area contributed by atoms with Crippen LogP contribution in [0.25, 0.3) is 11.3 Å². The normalized spacial score (nSPS) is 20.1. The fourth-order valence-corrected chi connectivity index (χ4v) is 4.04. The topological polar surface area (TPSA) is 92.7 Å². The highest BCUT2D eigenvalue weighted by atomic mass is 35.5. The zero-order valence-corrected chi connectivity index (χ0v) is 17.3. The van der Waals surface area contributed by atoms with Crippen molar-refractivity contribution in [1.82, 2.24) is 25.5 Å². The quantitative estimate of drug-likeness (QED) is 0.604. The van der Waals surface area contributed by atoms with E-state index in [0.29, 0.717) is 35.7 Å². The number of amides is 1. The summed E-state index contributed by atoms with van der Waals surface area (Å²) in [6, 6.07) is 7.42. The van der Waals surface area contributed by atoms with Gasteiger partial charge in [-0.25, -0.2) is 13.8 Å². The number of aromatic nitrogens is 4. The molecule has 2 heterocycles. The first kappa shape index (κ1) is 21.0. The lowest BCUT2D eigenvalue weighted by Crippen LogP contribution is -2.48. The molecular weight excluding hydrogens is 426 g/mol. The summed E-state index contributed by atoms with van der Waals surface area (Å²) in [7, 11) is 1.49. The summed E-state index contributed by atoms with van der Waals surface area (Å²) >= 11 is 6.28. The molecule has 1 fully saturated rings. The highest BCUT2D eigenvalue weighted by Gasteiger charge is 2.48. The fourth-order valence-electron chi connectivity index (χ4n) is 3.72. The molecule has 0 saturated heterocycles. The van der Waals surface area contributed by atoms with Crippen molar-refractivity contribution in [2.75, 3.05) is 18.9 Å². The van der Waals surface area contributed by atoms with Crippen molar-refractivity contribution < 1.29 is 13.6 Å². The summed E-state index contributed by atoms with van der Waals surface area (Å²) in [5.41, 5.74) is 0.666. The second-order valence-electron chi connectivity index (χ2n) is 7.41. The van der Waals surface area contributed by atoms with E-state index in [1.807, 2.05) is 0 Å². The van der Waals surface area contributed by atoms with Gasteiger partial charge in [0.25, 0.3) is 5.91 Å². The molecular formula is C21H19ClF2N6O. The van der Waals surface area contributed by atoms with E-state index in [1.54, 1.807) is 18.3 Å². The Morgan fingerprint density at radius 3 is 2.71 bits per heavy atom. The third-order valence-corrected chi connectivity index (χ3v) is 5.67. The highest BCUT2D eigenvalue weighted by molar-refractivity contribution is 6.31. The van der Waals surface area contributed by atoms with Crippen molar-refractivity contribution in [2.24, 2.45) is 0 Å². The summed E-state index contributed by atoms with van der Waals surface area (Å²) in [5.74, 6) is -0.678. The third kappa shape index (κ3) is 4.18. The molecule has 0 atom stereocenters. The second kappa shape index (κ2) is 8.50. The van der Waals surface area contributed by atoms with Gasteiger partial charge in [-0.1, -0.05) is 11.6 Å². The number of halogens is 3. The number of nitrogens with zero attached hydrogens (tertiary/aromatic N) is 4. The number of pyridine rings is 1. The Bertz CT molecular complexity index is 1110. The number of rotatable bonds is 6. The minimum Gasteiger partial charge on any atom is -0.355 e. The van der Waals surface area contributed by atoms with E-state index in [1.165, 1.54) is 31.4 Å². The standard InChI is InChI=1S/C21H19ClF2N6O/c1-25-19(31)12-4-5-16(24)14(7-12)17-10-27-20(30-29-17)28-11-21(8-13(23)9-21)18-15(22)3-2-6-26-18/h2-7,10,13H,8-9,11H2,1H3,(H,25,31)(H,27,28,30)/t13-,21-. The molecule has 1 saturated carbocycles. The van der Waals surface area contributed by atoms with Gasteiger partial charge in [-0.05, 0) is 43.2 Å². The van der Waals surface area contributed by atoms with Crippen molar-refractivity contribution in [1.29, 1.82) is 0 Å². The Morgan fingerprint density at radius 2 is 2.06 bits per heavy atom. The molecule has 1 aromatic carbocycles. The summed E-state index contributed by atoms with van der Waals surface area (Å²) in [6.45, 7) is 0.325. The van der Waals surface area contributed by atoms with Crippen LogP contribution in [-0.2, 0) is 5.41 Å². The molecule has 4 rings (SSSR count). The average molecular weight is 445 g/mol. The number of carbonyl (C=O) groups excluding carboxylic acids is 1. The van der Waals surface area contributed by atoms with E-state index in [2.05, 4.69) is 30.8 Å². The van der Waals surface area contributed by atoms with E-state index in [0.717, 1.165) is 0 Å². The first-order chi connectivity index (χ1) is 14.9. The molecule has 1 amide bonds. The number of hydrogen-bond acceptors (Lipinski definition) is 6. The van der Waals surface area contributed by atoms with Crippen molar-refractivity contribution >= 4 is 23.5 Å². The number of hydrogen-bond donors (Lipinski definition) is 2. The van der Waals surface area contributed by atoms with Crippen LogP contribution in [0.4, 0.5) is 14.7 Å². The summed E-state index contributed by atoms with van der Waals surface area (Å²) in [6.07, 6.45) is 2.65. The molecule has 0 unspecified atom stereocenters. The van der Waals surface area contributed by atoms with Crippen LogP contribution in [0, 0.1) is 5.82 Å². The molecule has 2 N–H and O–H groups in total. The van der Waals surface area contributed by atoms with Crippen LogP contribution in [0.3, 0.4) is 0 Å². The Labute approximate surface area is 182 Å². The number of benzene rings is 1. The Morgan fingerprint density at radius 1 is 1.26 bits per heavy atom. The van der Waals surface area contributed by atoms with Gasteiger partial charge in [-0.2, -0.15) is 0 Å². The first-order valence-corrected chi connectivity index (χ1v) is 10.0. The molecule has 0 bridgehead atoms. The molecule has 0 spiro atoms. The van der Waals surface area contributed by atoms with Gasteiger partial charge in [-0.15, -0.1) is 10.2 Å². The molecule has 0 aliphatic heterocycles. The SMILES string of the molecule is CNC(=O)c1ccc(F)c(-c2cnc(NC[C@]3(c4ncccc4Cl)C[C@H](F)C3)nn2)c1. The van der Waals surface area contributed by atoms with Crippen LogP contribution in [0.5, 0.6) is 0 Å². The fraction of sp³-hybridized carbons (Fsp3) is 0.286. The average Bonchev–Trinajstić information content (AvgIpc) is 2.76. The summed E-state index contributed by atoms with van der Waals surface area (Å²) < 4.78 is 28.0. The van der Waals surface area contributed by atoms with E-state index in [4.69, 9.17) is 11.6 Å². The van der Waals surface area contributed by atoms with Crippen molar-refractivity contribution in [3.63, 3.8) is 0 Å². The van der Waals surface area contributed by atoms with E-state index in [-0.39, 0.29) is 23.1 Å². The van der Waals surface area contributed by atoms with Crippen molar-refractivity contribution in [3.05, 3.63) is 64.8 Å². The van der Waals surface area contributed by atoms with Crippen LogP contribution >= 0.6 is 11.6 Å². The maximum Gasteiger partial charge on any atom is 0.251 e. The lowest BCUT2D eigenvalue weighted by Gasteiger charge is -2.44. The van der Waals surface area contributed by atoms with Gasteiger partial charge < -0.3 is 10.6 Å². The minimum absolute atomic E-state index is 0.114. The summed E-state index contributed by atoms with van der Waals surface area (Å²) in [4.78, 5) is 20.3. The monoisotopic (exact) mass is 444 g/mol. The van der Waals surface area contributed by atoms with E-state index in [9.17, 15) is 13.6 Å². The number of nitrogens with one attached hydrogen (secondary N) is 2. The van der Waals surface area contributed by atoms with E-state index < -0.39 is 17.4 Å². The lowest BCUT2D eigenvalue weighted by atomic mass is 9.65. The molecule has 31 heavy (non-hydrogen) atoms. The first-order valence-electron chi connectivity index (χ1n) is 9.62. The highest BCUT2D eigenvalue weighted by Crippen LogP contribution is 2.46. The molecule has 3 aromatic rings. The predicted molar refractivity (Wildman–Crippen MR) is 112 cm³/mol. The molecule has 2 aromatic heterocycles. The van der Waals surface area contributed by atoms with Crippen LogP contribution in [0.15, 0.2) is 42.7 Å². The zero-order valence-electron chi connectivity index (χ0n) is 16.6. The smallest absolute Gasteiger partial charge is 0.251 e. The Kier molecular flexibility index (Phi) is 5.77. The van der Waals surface area contributed by atoms with Gasteiger partial charge in [0.05, 0.1) is 16.9 Å². The minimum atomic E-state index is -0.920. The van der Waals surface area contributed by atoms with Gasteiger partial charge in [0.15, 0.2) is 0 Å². The Balaban J connectivity index is 1.52. The maximum atomic E-state index is 14.2. The van der Waals surface area contributed by atoms with Crippen LogP contribution in [0.1, 0.15) is 28.9 Å². The van der Waals surface area contributed by atoms with Gasteiger partial charge in [0.2, 0.25) is 5.95 Å². The van der Waals surface area contributed by atoms with Crippen molar-refractivity contribution in [2.45, 2.75) is 24.4 Å². The lowest BCUT2D eigenvalue weighted by molar-refractivity contribution is 0.0962. The van der Waals surface area contributed by atoms with Gasteiger partial charge in [0, 0.05) is 36.3 Å². The van der Waals surface area contributed by atoms with Crippen LogP contribution < -0.4 is 10.6 Å². The molecule has 160 valence electrons. The molecule has 1 aliphatic rings. The predicted octanol–water partition coefficient (Wildman–Crippen LogP) is 3.57. The maximum absolute atomic E-state index is 14.2. The van der Waals surface area contributed by atoms with Crippen LogP contribution in [-0.4, -0.2) is 45.8 Å². The Hall–Kier alpha value is -3.20.